The Labute approximate surface area is 129 Å². The van der Waals surface area contributed by atoms with Crippen molar-refractivity contribution in [1.29, 1.82) is 0 Å². The fraction of sp³-hybridized carbons (Fsp3) is 0. The highest BCUT2D eigenvalue weighted by Gasteiger charge is 2.12. The summed E-state index contributed by atoms with van der Waals surface area (Å²) >= 11 is 0. The van der Waals surface area contributed by atoms with Crippen LogP contribution in [0.2, 0.25) is 0 Å². The average molecular weight is 302 g/mol. The number of nitrogens with zero attached hydrogens (tertiary/aromatic N) is 5. The Morgan fingerprint density at radius 2 is 2.04 bits per heavy atom. The van der Waals surface area contributed by atoms with Crippen LogP contribution >= 0.6 is 0 Å². The van der Waals surface area contributed by atoms with Gasteiger partial charge in [0.15, 0.2) is 0 Å². The quantitative estimate of drug-likeness (QED) is 0.542. The monoisotopic (exact) mass is 302 g/mol. The number of imidazole rings is 1. The fourth-order valence-corrected chi connectivity index (χ4v) is 2.73. The molecule has 0 aliphatic carbocycles. The van der Waals surface area contributed by atoms with E-state index >= 15 is 0 Å². The van der Waals surface area contributed by atoms with Crippen molar-refractivity contribution < 1.29 is 4.42 Å². The zero-order chi connectivity index (χ0) is 15.2. The SMILES string of the molecule is c1cn2cc(-c3n[nH]c4ccc(-c5nnco5)cc34)ccc2n1. The molecule has 1 N–H and O–H groups in total. The van der Waals surface area contributed by atoms with Gasteiger partial charge < -0.3 is 8.82 Å². The topological polar surface area (TPSA) is 84.9 Å². The van der Waals surface area contributed by atoms with Crippen molar-refractivity contribution >= 4 is 16.6 Å². The van der Waals surface area contributed by atoms with E-state index in [2.05, 4.69) is 25.4 Å². The molecule has 7 nitrogen and oxygen atoms in total. The molecule has 0 unspecified atom stereocenters. The van der Waals surface area contributed by atoms with E-state index < -0.39 is 0 Å². The molecule has 23 heavy (non-hydrogen) atoms. The Bertz CT molecular complexity index is 1120. The first kappa shape index (κ1) is 12.1. The molecule has 0 atom stereocenters. The Balaban J connectivity index is 1.72. The fourth-order valence-electron chi connectivity index (χ4n) is 2.73. The van der Waals surface area contributed by atoms with E-state index in [9.17, 15) is 0 Å². The van der Waals surface area contributed by atoms with Gasteiger partial charge in [0, 0.05) is 35.1 Å². The Kier molecular flexibility index (Phi) is 2.37. The van der Waals surface area contributed by atoms with Crippen LogP contribution in [0.1, 0.15) is 0 Å². The highest BCUT2D eigenvalue weighted by Crippen LogP contribution is 2.29. The van der Waals surface area contributed by atoms with Gasteiger partial charge >= 0.3 is 0 Å². The van der Waals surface area contributed by atoms with Gasteiger partial charge in [0.25, 0.3) is 0 Å². The lowest BCUT2D eigenvalue weighted by molar-refractivity contribution is 0.569. The molecule has 5 aromatic rings. The van der Waals surface area contributed by atoms with Crippen molar-refractivity contribution in [2.24, 2.45) is 0 Å². The molecule has 0 saturated carbocycles. The molecule has 4 heterocycles. The molecule has 4 aromatic heterocycles. The molecule has 0 fully saturated rings. The predicted octanol–water partition coefficient (Wildman–Crippen LogP) is 2.93. The third-order valence-corrected chi connectivity index (χ3v) is 3.83. The van der Waals surface area contributed by atoms with E-state index in [4.69, 9.17) is 4.42 Å². The van der Waals surface area contributed by atoms with E-state index in [1.54, 1.807) is 6.20 Å². The summed E-state index contributed by atoms with van der Waals surface area (Å²) in [6.45, 7) is 0. The molecule has 0 saturated heterocycles. The number of nitrogens with one attached hydrogen (secondary N) is 1. The number of rotatable bonds is 2. The smallest absolute Gasteiger partial charge is 0.247 e. The largest absolute Gasteiger partial charge is 0.423 e. The van der Waals surface area contributed by atoms with Gasteiger partial charge in [-0.1, -0.05) is 0 Å². The van der Waals surface area contributed by atoms with Crippen LogP contribution in [0.25, 0.3) is 39.3 Å². The summed E-state index contributed by atoms with van der Waals surface area (Å²) < 4.78 is 7.24. The maximum atomic E-state index is 5.27. The summed E-state index contributed by atoms with van der Waals surface area (Å²) in [5.41, 5.74) is 4.59. The first-order valence-corrected chi connectivity index (χ1v) is 7.06. The van der Waals surface area contributed by atoms with Gasteiger partial charge in [-0.3, -0.25) is 5.10 Å². The Morgan fingerprint density at radius 3 is 2.96 bits per heavy atom. The molecule has 0 radical (unpaired) electrons. The van der Waals surface area contributed by atoms with E-state index in [0.717, 1.165) is 33.4 Å². The molecule has 0 bridgehead atoms. The normalized spacial score (nSPS) is 11.5. The summed E-state index contributed by atoms with van der Waals surface area (Å²) in [4.78, 5) is 4.26. The van der Waals surface area contributed by atoms with E-state index in [-0.39, 0.29) is 0 Å². The molecule has 0 aliphatic heterocycles. The third kappa shape index (κ3) is 1.83. The molecule has 5 rings (SSSR count). The zero-order valence-corrected chi connectivity index (χ0v) is 11.8. The second-order valence-electron chi connectivity index (χ2n) is 5.19. The van der Waals surface area contributed by atoms with Crippen molar-refractivity contribution in [1.82, 2.24) is 29.8 Å². The van der Waals surface area contributed by atoms with Crippen molar-refractivity contribution in [2.45, 2.75) is 0 Å². The number of hydrogen-bond acceptors (Lipinski definition) is 5. The van der Waals surface area contributed by atoms with E-state index in [1.807, 2.05) is 47.1 Å². The molecular formula is C16H10N6O. The van der Waals surface area contributed by atoms with Gasteiger partial charge in [0.05, 0.1) is 5.52 Å². The lowest BCUT2D eigenvalue weighted by atomic mass is 10.1. The van der Waals surface area contributed by atoms with Crippen LogP contribution in [-0.4, -0.2) is 29.8 Å². The maximum absolute atomic E-state index is 5.27. The molecule has 110 valence electrons. The van der Waals surface area contributed by atoms with Crippen LogP contribution in [0.5, 0.6) is 0 Å². The summed E-state index contributed by atoms with van der Waals surface area (Å²) in [5, 5.41) is 16.2. The average Bonchev–Trinajstić information content (AvgIpc) is 3.32. The van der Waals surface area contributed by atoms with Crippen LogP contribution in [0.3, 0.4) is 0 Å². The standard InChI is InChI=1S/C16H10N6O/c1-3-13-12(7-10(1)16-21-18-9-23-16)15(20-19-13)11-2-4-14-17-5-6-22(14)8-11/h1-9H,(H,19,20). The van der Waals surface area contributed by atoms with Crippen LogP contribution in [-0.2, 0) is 0 Å². The Morgan fingerprint density at radius 1 is 1.09 bits per heavy atom. The lowest BCUT2D eigenvalue weighted by Crippen LogP contribution is -1.86. The summed E-state index contributed by atoms with van der Waals surface area (Å²) in [6.07, 6.45) is 7.02. The predicted molar refractivity (Wildman–Crippen MR) is 83.6 cm³/mol. The number of benzene rings is 1. The zero-order valence-electron chi connectivity index (χ0n) is 11.8. The number of hydrogen-bond donors (Lipinski definition) is 1. The maximum Gasteiger partial charge on any atom is 0.247 e. The number of H-pyrrole nitrogens is 1. The summed E-state index contributed by atoms with van der Waals surface area (Å²) in [5.74, 6) is 0.490. The summed E-state index contributed by atoms with van der Waals surface area (Å²) in [6, 6.07) is 9.87. The van der Waals surface area contributed by atoms with Crippen molar-refractivity contribution in [3.63, 3.8) is 0 Å². The number of pyridine rings is 1. The molecular weight excluding hydrogens is 292 g/mol. The second-order valence-corrected chi connectivity index (χ2v) is 5.19. The van der Waals surface area contributed by atoms with Crippen LogP contribution in [0.4, 0.5) is 0 Å². The number of aromatic amines is 1. The van der Waals surface area contributed by atoms with Gasteiger partial charge in [-0.25, -0.2) is 4.98 Å². The van der Waals surface area contributed by atoms with Crippen molar-refractivity contribution in [3.05, 3.63) is 55.3 Å². The van der Waals surface area contributed by atoms with E-state index in [1.165, 1.54) is 6.39 Å². The lowest BCUT2D eigenvalue weighted by Gasteiger charge is -2.01. The number of aromatic nitrogens is 6. The van der Waals surface area contributed by atoms with Crippen LogP contribution in [0.15, 0.2) is 59.7 Å². The van der Waals surface area contributed by atoms with Gasteiger partial charge in [-0.15, -0.1) is 10.2 Å². The minimum absolute atomic E-state index is 0.490. The number of fused-ring (bicyclic) bond motifs is 2. The molecule has 0 amide bonds. The highest BCUT2D eigenvalue weighted by molar-refractivity contribution is 5.95. The first-order valence-electron chi connectivity index (χ1n) is 7.06. The second kappa shape index (κ2) is 4.51. The molecule has 0 spiro atoms. The molecule has 7 heteroatoms. The van der Waals surface area contributed by atoms with Crippen molar-refractivity contribution in [3.8, 4) is 22.7 Å². The minimum Gasteiger partial charge on any atom is -0.423 e. The first-order chi connectivity index (χ1) is 11.4. The third-order valence-electron chi connectivity index (χ3n) is 3.83. The van der Waals surface area contributed by atoms with E-state index in [0.29, 0.717) is 5.89 Å². The summed E-state index contributed by atoms with van der Waals surface area (Å²) in [7, 11) is 0. The Hall–Kier alpha value is -3.48. The van der Waals surface area contributed by atoms with Gasteiger partial charge in [-0.2, -0.15) is 5.10 Å². The molecule has 1 aromatic carbocycles. The highest BCUT2D eigenvalue weighted by atomic mass is 16.4. The van der Waals surface area contributed by atoms with Crippen LogP contribution < -0.4 is 0 Å². The van der Waals surface area contributed by atoms with Gasteiger partial charge in [0.1, 0.15) is 11.3 Å². The van der Waals surface area contributed by atoms with Crippen LogP contribution in [0, 0.1) is 0 Å². The molecule has 0 aliphatic rings. The van der Waals surface area contributed by atoms with Crippen molar-refractivity contribution in [2.75, 3.05) is 0 Å². The van der Waals surface area contributed by atoms with Gasteiger partial charge in [0.2, 0.25) is 12.3 Å². The minimum atomic E-state index is 0.490. The van der Waals surface area contributed by atoms with Gasteiger partial charge in [-0.05, 0) is 30.3 Å².